The smallest absolute Gasteiger partial charge is 0.227 e. The highest BCUT2D eigenvalue weighted by atomic mass is 35.5. The van der Waals surface area contributed by atoms with Gasteiger partial charge in [-0.1, -0.05) is 60.1 Å². The average molecular weight is 479 g/mol. The predicted octanol–water partition coefficient (Wildman–Crippen LogP) is 5.31. The van der Waals surface area contributed by atoms with Gasteiger partial charge in [0.25, 0.3) is 0 Å². The van der Waals surface area contributed by atoms with E-state index in [4.69, 9.17) is 16.9 Å². The molecule has 1 saturated heterocycles. The molecule has 1 aliphatic rings. The number of carbonyl (C=O) groups excluding carboxylic acids is 2. The second kappa shape index (κ2) is 10.1. The molecule has 3 aromatic carbocycles. The minimum Gasteiger partial charge on any atom is -0.329 e. The molecule has 0 unspecified atom stereocenters. The number of nitrogens with zero attached hydrogens (tertiary/aromatic N) is 2. The molecular weight excluding hydrogens is 458 g/mol. The number of amides is 1. The van der Waals surface area contributed by atoms with Gasteiger partial charge in [-0.3, -0.25) is 9.59 Å². The lowest BCUT2D eigenvalue weighted by Crippen LogP contribution is -2.42. The van der Waals surface area contributed by atoms with E-state index in [1.54, 1.807) is 60.7 Å². The summed E-state index contributed by atoms with van der Waals surface area (Å²) in [6.07, 6.45) is -1.77. The van der Waals surface area contributed by atoms with E-state index >= 15 is 4.39 Å². The Bertz CT molecular complexity index is 1290. The van der Waals surface area contributed by atoms with Gasteiger partial charge in [0, 0.05) is 29.0 Å². The molecule has 1 heterocycles. The van der Waals surface area contributed by atoms with Crippen LogP contribution in [-0.2, 0) is 22.4 Å². The zero-order valence-corrected chi connectivity index (χ0v) is 18.9. The largest absolute Gasteiger partial charge is 0.329 e. The lowest BCUT2D eigenvalue weighted by molar-refractivity contribution is -0.136. The summed E-state index contributed by atoms with van der Waals surface area (Å²) in [5.74, 6) is -1.39. The van der Waals surface area contributed by atoms with Crippen molar-refractivity contribution in [1.29, 1.82) is 5.26 Å². The maximum absolute atomic E-state index is 15.3. The number of hydrogen-bond donors (Lipinski definition) is 0. The monoisotopic (exact) mass is 478 g/mol. The third-order valence-corrected chi connectivity index (χ3v) is 6.29. The fourth-order valence-corrected chi connectivity index (χ4v) is 4.54. The van der Waals surface area contributed by atoms with E-state index in [-0.39, 0.29) is 36.9 Å². The van der Waals surface area contributed by atoms with Gasteiger partial charge in [-0.05, 0) is 29.3 Å². The molecule has 0 N–H and O–H groups in total. The molecule has 1 fully saturated rings. The summed E-state index contributed by atoms with van der Waals surface area (Å²) in [6.45, 7) is -0.185. The van der Waals surface area contributed by atoms with Crippen LogP contribution >= 0.6 is 11.6 Å². The van der Waals surface area contributed by atoms with Gasteiger partial charge in [-0.25, -0.2) is 8.78 Å². The molecule has 0 aliphatic carbocycles. The molecule has 34 heavy (non-hydrogen) atoms. The zero-order valence-electron chi connectivity index (χ0n) is 18.2. The summed E-state index contributed by atoms with van der Waals surface area (Å²) in [6, 6.07) is 19.2. The number of rotatable bonds is 6. The van der Waals surface area contributed by atoms with Crippen molar-refractivity contribution in [2.75, 3.05) is 6.54 Å². The molecule has 1 amide bonds. The summed E-state index contributed by atoms with van der Waals surface area (Å²) in [5.41, 5.74) is 1.97. The van der Waals surface area contributed by atoms with E-state index in [1.807, 2.05) is 6.07 Å². The lowest BCUT2D eigenvalue weighted by atomic mass is 9.96. The summed E-state index contributed by atoms with van der Waals surface area (Å²) in [4.78, 5) is 27.2. The Morgan fingerprint density at radius 1 is 1.03 bits per heavy atom. The Balaban J connectivity index is 1.53. The van der Waals surface area contributed by atoms with Gasteiger partial charge in [0.15, 0.2) is 5.78 Å². The Kier molecular flexibility index (Phi) is 7.04. The van der Waals surface area contributed by atoms with E-state index in [0.717, 1.165) is 0 Å². The van der Waals surface area contributed by atoms with Crippen LogP contribution in [0.3, 0.4) is 0 Å². The minimum absolute atomic E-state index is 0.0532. The van der Waals surface area contributed by atoms with Crippen molar-refractivity contribution < 1.29 is 18.4 Å². The third-order valence-electron chi connectivity index (χ3n) is 5.96. The van der Waals surface area contributed by atoms with Crippen LogP contribution in [0.15, 0.2) is 66.7 Å². The number of alkyl halides is 1. The van der Waals surface area contributed by atoms with Crippen molar-refractivity contribution in [1.82, 2.24) is 4.90 Å². The molecular formula is C27H21ClF2N2O2. The molecule has 0 bridgehead atoms. The van der Waals surface area contributed by atoms with Gasteiger partial charge in [0.2, 0.25) is 5.91 Å². The van der Waals surface area contributed by atoms with Crippen molar-refractivity contribution in [3.63, 3.8) is 0 Å². The number of likely N-dealkylation sites (tertiary alicyclic amines) is 1. The highest BCUT2D eigenvalue weighted by Gasteiger charge is 2.39. The molecule has 2 atom stereocenters. The van der Waals surface area contributed by atoms with Crippen LogP contribution in [-0.4, -0.2) is 35.3 Å². The molecule has 7 heteroatoms. The van der Waals surface area contributed by atoms with Crippen LogP contribution in [0.2, 0.25) is 5.02 Å². The average Bonchev–Trinajstić information content (AvgIpc) is 3.23. The molecule has 1 aliphatic heterocycles. The maximum atomic E-state index is 15.3. The second-order valence-electron chi connectivity index (χ2n) is 8.29. The molecule has 3 aromatic rings. The van der Waals surface area contributed by atoms with Gasteiger partial charge in [-0.15, -0.1) is 0 Å². The summed E-state index contributed by atoms with van der Waals surface area (Å²) in [5, 5.41) is 9.44. The van der Waals surface area contributed by atoms with Crippen molar-refractivity contribution in [3.05, 3.63) is 94.3 Å². The Hall–Kier alpha value is -3.56. The maximum Gasteiger partial charge on any atom is 0.227 e. The highest BCUT2D eigenvalue weighted by molar-refractivity contribution is 6.33. The fraction of sp³-hybridized carbons (Fsp3) is 0.222. The predicted molar refractivity (Wildman–Crippen MR) is 125 cm³/mol. The van der Waals surface area contributed by atoms with Gasteiger partial charge in [0.05, 0.1) is 30.6 Å². The first kappa shape index (κ1) is 23.6. The van der Waals surface area contributed by atoms with Gasteiger partial charge in [0.1, 0.15) is 12.0 Å². The first-order valence-corrected chi connectivity index (χ1v) is 11.2. The molecule has 0 saturated carbocycles. The van der Waals surface area contributed by atoms with Gasteiger partial charge < -0.3 is 4.90 Å². The number of hydrogen-bond acceptors (Lipinski definition) is 3. The van der Waals surface area contributed by atoms with Gasteiger partial charge >= 0.3 is 0 Å². The molecule has 0 spiro atoms. The lowest BCUT2D eigenvalue weighted by Gasteiger charge is -2.23. The number of carbonyl (C=O) groups is 2. The molecule has 4 nitrogen and oxygen atoms in total. The van der Waals surface area contributed by atoms with E-state index in [0.29, 0.717) is 21.7 Å². The van der Waals surface area contributed by atoms with Crippen LogP contribution in [0.1, 0.15) is 23.1 Å². The Morgan fingerprint density at radius 2 is 1.76 bits per heavy atom. The van der Waals surface area contributed by atoms with E-state index in [1.165, 1.54) is 11.0 Å². The SMILES string of the molecule is N#Cc1cccc(CC(=O)N2C[C@H](F)C[C@H]2C(=O)Cc2cccc(-c3ccccc3Cl)c2F)c1. The normalized spacial score (nSPS) is 17.4. The highest BCUT2D eigenvalue weighted by Crippen LogP contribution is 2.32. The summed E-state index contributed by atoms with van der Waals surface area (Å²) in [7, 11) is 0. The summed E-state index contributed by atoms with van der Waals surface area (Å²) < 4.78 is 29.6. The quantitative estimate of drug-likeness (QED) is 0.482. The molecule has 4 rings (SSSR count). The molecule has 0 radical (unpaired) electrons. The van der Waals surface area contributed by atoms with Crippen LogP contribution in [0.4, 0.5) is 8.78 Å². The number of ketones is 1. The van der Waals surface area contributed by atoms with Crippen LogP contribution in [0.25, 0.3) is 11.1 Å². The van der Waals surface area contributed by atoms with Crippen molar-refractivity contribution >= 4 is 23.3 Å². The minimum atomic E-state index is -1.33. The fourth-order valence-electron chi connectivity index (χ4n) is 4.30. The number of benzene rings is 3. The van der Waals surface area contributed by atoms with Crippen molar-refractivity contribution in [3.8, 4) is 17.2 Å². The topological polar surface area (TPSA) is 61.2 Å². The standard InChI is InChI=1S/C27H21ClF2N2O2/c28-23-10-2-1-8-21(23)22-9-4-7-19(27(22)30)13-25(33)24-14-20(29)16-32(24)26(34)12-17-5-3-6-18(11-17)15-31/h1-11,20,24H,12-14,16H2/t20-,24+/m1/s1. The van der Waals surface area contributed by atoms with Crippen molar-refractivity contribution in [2.24, 2.45) is 0 Å². The van der Waals surface area contributed by atoms with Crippen LogP contribution < -0.4 is 0 Å². The first-order chi connectivity index (χ1) is 16.4. The van der Waals surface area contributed by atoms with Crippen molar-refractivity contribution in [2.45, 2.75) is 31.5 Å². The van der Waals surface area contributed by atoms with Gasteiger partial charge in [-0.2, -0.15) is 5.26 Å². The molecule has 0 aromatic heterocycles. The molecule has 172 valence electrons. The number of halogens is 3. The number of nitriles is 1. The first-order valence-electron chi connectivity index (χ1n) is 10.8. The van der Waals surface area contributed by atoms with E-state index in [9.17, 15) is 14.0 Å². The second-order valence-corrected chi connectivity index (χ2v) is 8.69. The number of Topliss-reactive ketones (excluding diaryl/α,β-unsaturated/α-hetero) is 1. The zero-order chi connectivity index (χ0) is 24.2. The Morgan fingerprint density at radius 3 is 2.53 bits per heavy atom. The van der Waals surface area contributed by atoms with Crippen LogP contribution in [0.5, 0.6) is 0 Å². The van der Waals surface area contributed by atoms with E-state index < -0.39 is 29.7 Å². The Labute approximate surface area is 201 Å². The van der Waals surface area contributed by atoms with E-state index in [2.05, 4.69) is 0 Å². The summed E-state index contributed by atoms with van der Waals surface area (Å²) >= 11 is 6.21. The third kappa shape index (κ3) is 5.00. The van der Waals surface area contributed by atoms with Crippen LogP contribution in [0, 0.1) is 17.1 Å².